The predicted molar refractivity (Wildman–Crippen MR) is 75.9 cm³/mol. The second-order valence-electron chi connectivity index (χ2n) is 7.28. The zero-order valence-corrected chi connectivity index (χ0v) is 13.2. The molecule has 2 N–H and O–H groups in total. The van der Waals surface area contributed by atoms with E-state index in [2.05, 4.69) is 20.8 Å². The third kappa shape index (κ3) is 6.53. The number of rotatable bonds is 5. The summed E-state index contributed by atoms with van der Waals surface area (Å²) in [6.45, 7) is 5.24. The summed E-state index contributed by atoms with van der Waals surface area (Å²) in [6, 6.07) is 0. The SMILES string of the molecule is CC(C)(C)C1CCC(O)C(CN(CCO)CC(F)(F)F)C1. The van der Waals surface area contributed by atoms with Gasteiger partial charge in [-0.2, -0.15) is 13.2 Å². The molecule has 6 heteroatoms. The molecule has 0 bridgehead atoms. The fourth-order valence-corrected chi connectivity index (χ4v) is 3.19. The highest BCUT2D eigenvalue weighted by Gasteiger charge is 2.37. The Bertz CT molecular complexity index is 315. The van der Waals surface area contributed by atoms with Gasteiger partial charge in [0.1, 0.15) is 0 Å². The van der Waals surface area contributed by atoms with Crippen LogP contribution < -0.4 is 0 Å². The number of aliphatic hydroxyl groups excluding tert-OH is 2. The molecule has 1 fully saturated rings. The van der Waals surface area contributed by atoms with Crippen molar-refractivity contribution < 1.29 is 23.4 Å². The van der Waals surface area contributed by atoms with E-state index in [4.69, 9.17) is 5.11 Å². The third-order valence-corrected chi connectivity index (χ3v) is 4.48. The van der Waals surface area contributed by atoms with Crippen LogP contribution in [0.15, 0.2) is 0 Å². The highest BCUT2D eigenvalue weighted by Crippen LogP contribution is 2.40. The Hall–Kier alpha value is -0.330. The lowest BCUT2D eigenvalue weighted by Crippen LogP contribution is -2.45. The molecule has 0 aliphatic heterocycles. The molecule has 0 aromatic rings. The predicted octanol–water partition coefficient (Wildman–Crippen LogP) is 2.67. The second kappa shape index (κ2) is 7.29. The minimum absolute atomic E-state index is 0.0110. The number of aliphatic hydroxyl groups is 2. The molecule has 0 radical (unpaired) electrons. The highest BCUT2D eigenvalue weighted by atomic mass is 19.4. The van der Waals surface area contributed by atoms with E-state index < -0.39 is 18.8 Å². The van der Waals surface area contributed by atoms with Crippen LogP contribution in [0.5, 0.6) is 0 Å². The van der Waals surface area contributed by atoms with Crippen molar-refractivity contribution in [1.29, 1.82) is 0 Å². The summed E-state index contributed by atoms with van der Waals surface area (Å²) in [5.41, 5.74) is 0.101. The van der Waals surface area contributed by atoms with Crippen LogP contribution >= 0.6 is 0 Å². The lowest BCUT2D eigenvalue weighted by atomic mass is 9.68. The van der Waals surface area contributed by atoms with Gasteiger partial charge in [0, 0.05) is 13.1 Å². The zero-order chi connectivity index (χ0) is 16.3. The van der Waals surface area contributed by atoms with E-state index in [9.17, 15) is 18.3 Å². The van der Waals surface area contributed by atoms with Crippen molar-refractivity contribution in [2.45, 2.75) is 52.3 Å². The molecule has 1 saturated carbocycles. The molecule has 3 atom stereocenters. The van der Waals surface area contributed by atoms with E-state index in [1.165, 1.54) is 4.90 Å². The van der Waals surface area contributed by atoms with Crippen LogP contribution in [0.2, 0.25) is 0 Å². The van der Waals surface area contributed by atoms with E-state index in [-0.39, 0.29) is 31.0 Å². The fraction of sp³-hybridized carbons (Fsp3) is 1.00. The maximum atomic E-state index is 12.6. The van der Waals surface area contributed by atoms with Gasteiger partial charge >= 0.3 is 6.18 Å². The largest absolute Gasteiger partial charge is 0.401 e. The van der Waals surface area contributed by atoms with Gasteiger partial charge in [-0.05, 0) is 36.5 Å². The number of halogens is 3. The lowest BCUT2D eigenvalue weighted by molar-refractivity contribution is -0.150. The lowest BCUT2D eigenvalue weighted by Gasteiger charge is -2.41. The van der Waals surface area contributed by atoms with Crippen LogP contribution in [0.3, 0.4) is 0 Å². The maximum Gasteiger partial charge on any atom is 0.401 e. The first-order valence-corrected chi connectivity index (χ1v) is 7.61. The van der Waals surface area contributed by atoms with Crippen LogP contribution in [0.25, 0.3) is 0 Å². The first-order chi connectivity index (χ1) is 9.53. The summed E-state index contributed by atoms with van der Waals surface area (Å²) in [5, 5.41) is 19.0. The molecule has 1 aliphatic rings. The Balaban J connectivity index is 2.67. The second-order valence-corrected chi connectivity index (χ2v) is 7.28. The topological polar surface area (TPSA) is 43.7 Å². The number of hydrogen-bond acceptors (Lipinski definition) is 3. The summed E-state index contributed by atoms with van der Waals surface area (Å²) >= 11 is 0. The molecule has 0 saturated heterocycles. The summed E-state index contributed by atoms with van der Waals surface area (Å²) in [7, 11) is 0. The van der Waals surface area contributed by atoms with Crippen molar-refractivity contribution >= 4 is 0 Å². The smallest absolute Gasteiger partial charge is 0.395 e. The van der Waals surface area contributed by atoms with Crippen molar-refractivity contribution in [2.24, 2.45) is 17.3 Å². The summed E-state index contributed by atoms with van der Waals surface area (Å²) < 4.78 is 37.7. The van der Waals surface area contributed by atoms with Gasteiger partial charge in [0.25, 0.3) is 0 Å². The van der Waals surface area contributed by atoms with Gasteiger partial charge in [0.15, 0.2) is 0 Å². The summed E-state index contributed by atoms with van der Waals surface area (Å²) in [5.74, 6) is 0.254. The van der Waals surface area contributed by atoms with Crippen molar-refractivity contribution in [2.75, 3.05) is 26.2 Å². The van der Waals surface area contributed by atoms with Crippen LogP contribution in [0.1, 0.15) is 40.0 Å². The standard InChI is InChI=1S/C15H28F3NO2/c1-14(2,3)12-4-5-13(21)11(8-12)9-19(6-7-20)10-15(16,17)18/h11-13,20-21H,4-10H2,1-3H3. The minimum Gasteiger partial charge on any atom is -0.395 e. The van der Waals surface area contributed by atoms with Crippen molar-refractivity contribution in [3.05, 3.63) is 0 Å². The molecule has 21 heavy (non-hydrogen) atoms. The monoisotopic (exact) mass is 311 g/mol. The molecule has 3 unspecified atom stereocenters. The molecule has 0 amide bonds. The van der Waals surface area contributed by atoms with Gasteiger partial charge in [-0.25, -0.2) is 0 Å². The molecule has 3 nitrogen and oxygen atoms in total. The van der Waals surface area contributed by atoms with E-state index >= 15 is 0 Å². The van der Waals surface area contributed by atoms with Gasteiger partial charge in [-0.3, -0.25) is 4.90 Å². The van der Waals surface area contributed by atoms with Crippen LogP contribution in [0.4, 0.5) is 13.2 Å². The normalized spacial score (nSPS) is 28.1. The Morgan fingerprint density at radius 3 is 2.24 bits per heavy atom. The van der Waals surface area contributed by atoms with Crippen LogP contribution in [-0.4, -0.2) is 53.6 Å². The average molecular weight is 311 g/mol. The summed E-state index contributed by atoms with van der Waals surface area (Å²) in [4.78, 5) is 1.21. The van der Waals surface area contributed by atoms with Gasteiger partial charge in [0.2, 0.25) is 0 Å². The molecule has 0 aromatic heterocycles. The quantitative estimate of drug-likeness (QED) is 0.820. The Morgan fingerprint density at radius 1 is 1.14 bits per heavy atom. The Kier molecular flexibility index (Phi) is 6.50. The van der Waals surface area contributed by atoms with Gasteiger partial charge in [0.05, 0.1) is 19.3 Å². The van der Waals surface area contributed by atoms with Gasteiger partial charge in [-0.1, -0.05) is 20.8 Å². The summed E-state index contributed by atoms with van der Waals surface area (Å²) in [6.07, 6.45) is -2.52. The van der Waals surface area contributed by atoms with E-state index in [0.29, 0.717) is 12.3 Å². The Morgan fingerprint density at radius 2 is 1.76 bits per heavy atom. The highest BCUT2D eigenvalue weighted by molar-refractivity contribution is 4.87. The molecule has 0 spiro atoms. The van der Waals surface area contributed by atoms with Crippen molar-refractivity contribution in [3.63, 3.8) is 0 Å². The number of nitrogens with zero attached hydrogens (tertiary/aromatic N) is 1. The van der Waals surface area contributed by atoms with Crippen LogP contribution in [0, 0.1) is 17.3 Å². The molecular weight excluding hydrogens is 283 g/mol. The van der Waals surface area contributed by atoms with E-state index in [0.717, 1.165) is 12.8 Å². The number of alkyl halides is 3. The minimum atomic E-state index is -4.28. The molecule has 0 heterocycles. The van der Waals surface area contributed by atoms with Gasteiger partial charge < -0.3 is 10.2 Å². The van der Waals surface area contributed by atoms with E-state index in [1.807, 2.05) is 0 Å². The maximum absolute atomic E-state index is 12.6. The van der Waals surface area contributed by atoms with E-state index in [1.54, 1.807) is 0 Å². The molecule has 0 aromatic carbocycles. The van der Waals surface area contributed by atoms with Crippen LogP contribution in [-0.2, 0) is 0 Å². The fourth-order valence-electron chi connectivity index (χ4n) is 3.19. The molecule has 126 valence electrons. The average Bonchev–Trinajstić information content (AvgIpc) is 2.28. The third-order valence-electron chi connectivity index (χ3n) is 4.48. The Labute approximate surface area is 125 Å². The van der Waals surface area contributed by atoms with Gasteiger partial charge in [-0.15, -0.1) is 0 Å². The number of hydrogen-bond donors (Lipinski definition) is 2. The van der Waals surface area contributed by atoms with Crippen molar-refractivity contribution in [3.8, 4) is 0 Å². The first-order valence-electron chi connectivity index (χ1n) is 7.61. The zero-order valence-electron chi connectivity index (χ0n) is 13.2. The molecule has 1 aliphatic carbocycles. The molecule has 1 rings (SSSR count). The molecular formula is C15H28F3NO2. The first kappa shape index (κ1) is 18.7. The van der Waals surface area contributed by atoms with Crippen molar-refractivity contribution in [1.82, 2.24) is 4.90 Å².